The summed E-state index contributed by atoms with van der Waals surface area (Å²) in [6.45, 7) is -0.233. The molecule has 2 N–H and O–H groups in total. The Morgan fingerprint density at radius 2 is 2.16 bits per heavy atom. The van der Waals surface area contributed by atoms with E-state index in [4.69, 9.17) is 20.8 Å². The molecule has 8 nitrogen and oxygen atoms in total. The minimum atomic E-state index is -4.18. The first kappa shape index (κ1) is 17.3. The molecule has 3 rings (SSSR count). The highest BCUT2D eigenvalue weighted by atomic mass is 35.5. The third-order valence-corrected chi connectivity index (χ3v) is 5.22. The zero-order valence-corrected chi connectivity index (χ0v) is 14.3. The van der Waals surface area contributed by atoms with Gasteiger partial charge >= 0.3 is 0 Å². The molecule has 0 fully saturated rings. The predicted molar refractivity (Wildman–Crippen MR) is 87.9 cm³/mol. The fourth-order valence-corrected chi connectivity index (χ4v) is 3.79. The number of aryl methyl sites for hydroxylation is 1. The summed E-state index contributed by atoms with van der Waals surface area (Å²) in [5.41, 5.74) is 0.268. The van der Waals surface area contributed by atoms with Crippen LogP contribution < -0.4 is 14.8 Å². The van der Waals surface area contributed by atoms with Crippen LogP contribution in [-0.2, 0) is 26.0 Å². The molecule has 0 atom stereocenters. The lowest BCUT2D eigenvalue weighted by Gasteiger charge is -2.19. The first-order valence-corrected chi connectivity index (χ1v) is 9.05. The molecule has 2 heterocycles. The standard InChI is InChI=1S/C15H13ClN2O6S/c16-10-6-11-12(24-8-15(20)17-11)7-13(10)25(21,22)18-14(19)4-3-9-2-1-5-23-9/h1-2,5-7H,3-4,8H2,(H,17,20)(H,18,19). The van der Waals surface area contributed by atoms with E-state index in [1.807, 2.05) is 4.72 Å². The van der Waals surface area contributed by atoms with Gasteiger partial charge in [0.1, 0.15) is 16.4 Å². The highest BCUT2D eigenvalue weighted by Crippen LogP contribution is 2.35. The second-order valence-electron chi connectivity index (χ2n) is 5.22. The molecule has 0 saturated carbocycles. The lowest BCUT2D eigenvalue weighted by molar-refractivity contribution is -0.119. The van der Waals surface area contributed by atoms with Crippen LogP contribution in [0.2, 0.25) is 5.02 Å². The Kier molecular flexibility index (Phi) is 4.69. The number of hydrogen-bond donors (Lipinski definition) is 2. The first-order chi connectivity index (χ1) is 11.8. The van der Waals surface area contributed by atoms with Gasteiger partial charge in [0, 0.05) is 18.9 Å². The third kappa shape index (κ3) is 3.94. The maximum absolute atomic E-state index is 12.4. The van der Waals surface area contributed by atoms with Gasteiger partial charge in [0.15, 0.2) is 6.61 Å². The van der Waals surface area contributed by atoms with Crippen molar-refractivity contribution >= 4 is 39.1 Å². The SMILES string of the molecule is O=C1COc2cc(S(=O)(=O)NC(=O)CCc3ccco3)c(Cl)cc2N1. The van der Waals surface area contributed by atoms with E-state index in [1.54, 1.807) is 12.1 Å². The van der Waals surface area contributed by atoms with E-state index in [0.29, 0.717) is 5.76 Å². The van der Waals surface area contributed by atoms with Crippen molar-refractivity contribution in [2.45, 2.75) is 17.7 Å². The number of benzene rings is 1. The summed E-state index contributed by atoms with van der Waals surface area (Å²) in [5, 5.41) is 2.37. The van der Waals surface area contributed by atoms with E-state index in [-0.39, 0.29) is 46.7 Å². The Bertz CT molecular complexity index is 924. The molecule has 1 aliphatic rings. The number of fused-ring (bicyclic) bond motifs is 1. The van der Waals surface area contributed by atoms with Crippen LogP contribution in [0.4, 0.5) is 5.69 Å². The van der Waals surface area contributed by atoms with Gasteiger partial charge in [-0.2, -0.15) is 0 Å². The number of sulfonamides is 1. The van der Waals surface area contributed by atoms with Crippen LogP contribution in [0.1, 0.15) is 12.2 Å². The van der Waals surface area contributed by atoms with E-state index in [9.17, 15) is 18.0 Å². The average molecular weight is 385 g/mol. The van der Waals surface area contributed by atoms with Crippen LogP contribution in [0, 0.1) is 0 Å². The van der Waals surface area contributed by atoms with Gasteiger partial charge in [-0.1, -0.05) is 11.6 Å². The quantitative estimate of drug-likeness (QED) is 0.810. The van der Waals surface area contributed by atoms with E-state index in [2.05, 4.69) is 5.32 Å². The molecule has 0 aliphatic carbocycles. The summed E-state index contributed by atoms with van der Waals surface area (Å²) in [5.74, 6) is -0.333. The molecule has 0 unspecified atom stereocenters. The zero-order chi connectivity index (χ0) is 18.0. The Morgan fingerprint density at radius 1 is 1.36 bits per heavy atom. The van der Waals surface area contributed by atoms with E-state index in [0.717, 1.165) is 0 Å². The molecule has 2 aromatic rings. The highest BCUT2D eigenvalue weighted by Gasteiger charge is 2.25. The predicted octanol–water partition coefficient (Wildman–Crippen LogP) is 1.70. The van der Waals surface area contributed by atoms with Crippen molar-refractivity contribution in [2.24, 2.45) is 0 Å². The maximum atomic E-state index is 12.4. The number of halogens is 1. The third-order valence-electron chi connectivity index (χ3n) is 3.38. The van der Waals surface area contributed by atoms with Gasteiger partial charge in [-0.3, -0.25) is 9.59 Å². The van der Waals surface area contributed by atoms with Crippen LogP contribution in [0.5, 0.6) is 5.75 Å². The topological polar surface area (TPSA) is 115 Å². The average Bonchev–Trinajstić information content (AvgIpc) is 3.05. The molecule has 0 bridgehead atoms. The number of anilines is 1. The number of hydrogen-bond acceptors (Lipinski definition) is 6. The molecule has 10 heteroatoms. The van der Waals surface area contributed by atoms with Crippen molar-refractivity contribution < 1.29 is 27.2 Å². The largest absolute Gasteiger partial charge is 0.482 e. The molecule has 25 heavy (non-hydrogen) atoms. The van der Waals surface area contributed by atoms with E-state index >= 15 is 0 Å². The zero-order valence-electron chi connectivity index (χ0n) is 12.7. The van der Waals surface area contributed by atoms with Crippen molar-refractivity contribution in [1.82, 2.24) is 4.72 Å². The van der Waals surface area contributed by atoms with E-state index in [1.165, 1.54) is 18.4 Å². The highest BCUT2D eigenvalue weighted by molar-refractivity contribution is 7.90. The van der Waals surface area contributed by atoms with Gasteiger partial charge in [0.2, 0.25) is 5.91 Å². The van der Waals surface area contributed by atoms with Crippen LogP contribution in [0.3, 0.4) is 0 Å². The molecular weight excluding hydrogens is 372 g/mol. The van der Waals surface area contributed by atoms with Gasteiger partial charge in [-0.05, 0) is 18.2 Å². The van der Waals surface area contributed by atoms with Crippen molar-refractivity contribution in [1.29, 1.82) is 0 Å². The number of furan rings is 1. The van der Waals surface area contributed by atoms with Gasteiger partial charge in [0.25, 0.3) is 15.9 Å². The van der Waals surface area contributed by atoms with Crippen molar-refractivity contribution in [3.05, 3.63) is 41.3 Å². The van der Waals surface area contributed by atoms with Gasteiger partial charge in [-0.25, -0.2) is 13.1 Å². The number of nitrogens with one attached hydrogen (secondary N) is 2. The molecule has 1 aliphatic heterocycles. The number of carbonyl (C=O) groups is 2. The molecular formula is C15H13ClN2O6S. The van der Waals surface area contributed by atoms with E-state index < -0.39 is 15.9 Å². The lowest BCUT2D eigenvalue weighted by atomic mass is 10.2. The molecule has 1 aromatic carbocycles. The Labute approximate surface area is 148 Å². The molecule has 132 valence electrons. The first-order valence-electron chi connectivity index (χ1n) is 7.19. The molecule has 2 amide bonds. The van der Waals surface area contributed by atoms with Crippen molar-refractivity contribution in [3.63, 3.8) is 0 Å². The minimum absolute atomic E-state index is 0.0676. The Balaban J connectivity index is 1.75. The normalized spacial score (nSPS) is 13.6. The number of carbonyl (C=O) groups excluding carboxylic acids is 2. The van der Waals surface area contributed by atoms with Crippen LogP contribution in [0.15, 0.2) is 39.8 Å². The second kappa shape index (κ2) is 6.77. The Hall–Kier alpha value is -2.52. The fraction of sp³-hybridized carbons (Fsp3) is 0.200. The van der Waals surface area contributed by atoms with Crippen LogP contribution in [-0.4, -0.2) is 26.8 Å². The summed E-state index contributed by atoms with van der Waals surface area (Å²) < 4.78 is 37.0. The fourth-order valence-electron chi connectivity index (χ4n) is 2.23. The molecule has 0 saturated heterocycles. The van der Waals surface area contributed by atoms with Crippen molar-refractivity contribution in [3.8, 4) is 5.75 Å². The Morgan fingerprint density at radius 3 is 2.88 bits per heavy atom. The summed E-state index contributed by atoms with van der Waals surface area (Å²) in [6, 6.07) is 5.79. The second-order valence-corrected chi connectivity index (χ2v) is 7.28. The molecule has 0 spiro atoms. The van der Waals surface area contributed by atoms with Gasteiger partial charge < -0.3 is 14.5 Å². The molecule has 0 radical (unpaired) electrons. The number of amides is 2. The van der Waals surface area contributed by atoms with Gasteiger partial charge in [0.05, 0.1) is 17.0 Å². The lowest BCUT2D eigenvalue weighted by Crippen LogP contribution is -2.31. The monoisotopic (exact) mass is 384 g/mol. The molecule has 1 aromatic heterocycles. The summed E-state index contributed by atoms with van der Waals surface area (Å²) in [7, 11) is -4.18. The van der Waals surface area contributed by atoms with Crippen LogP contribution in [0.25, 0.3) is 0 Å². The summed E-state index contributed by atoms with van der Waals surface area (Å²) >= 11 is 5.98. The number of ether oxygens (including phenoxy) is 1. The summed E-state index contributed by atoms with van der Waals surface area (Å²) in [6.07, 6.45) is 1.67. The number of rotatable bonds is 5. The smallest absolute Gasteiger partial charge is 0.265 e. The van der Waals surface area contributed by atoms with Crippen molar-refractivity contribution in [2.75, 3.05) is 11.9 Å². The summed E-state index contributed by atoms with van der Waals surface area (Å²) in [4.78, 5) is 22.9. The van der Waals surface area contributed by atoms with Gasteiger partial charge in [-0.15, -0.1) is 0 Å². The minimum Gasteiger partial charge on any atom is -0.482 e. The van der Waals surface area contributed by atoms with Crippen LogP contribution >= 0.6 is 11.6 Å². The maximum Gasteiger partial charge on any atom is 0.265 e.